The molecule has 0 aliphatic carbocycles. The summed E-state index contributed by atoms with van der Waals surface area (Å²) in [6, 6.07) is 16.1. The summed E-state index contributed by atoms with van der Waals surface area (Å²) < 4.78 is 5.20. The second-order valence-corrected chi connectivity index (χ2v) is 7.06. The van der Waals surface area contributed by atoms with E-state index in [0.717, 1.165) is 44.2 Å². The maximum Gasteiger partial charge on any atom is 0.279 e. The molecule has 1 saturated heterocycles. The molecule has 5 nitrogen and oxygen atoms in total. The third-order valence-electron chi connectivity index (χ3n) is 5.13. The fourth-order valence-corrected chi connectivity index (χ4v) is 3.52. The van der Waals surface area contributed by atoms with E-state index >= 15 is 0 Å². The Hall–Kier alpha value is -2.37. The molecule has 0 atom stereocenters. The van der Waals surface area contributed by atoms with Crippen molar-refractivity contribution < 1.29 is 19.3 Å². The van der Waals surface area contributed by atoms with Crippen LogP contribution in [0.5, 0.6) is 5.75 Å². The van der Waals surface area contributed by atoms with Crippen LogP contribution in [0.2, 0.25) is 0 Å². The lowest BCUT2D eigenvalue weighted by atomic mass is 10.1. The minimum absolute atomic E-state index is 0.0654. The number of nitrogens with one attached hydrogen (secondary N) is 3. The van der Waals surface area contributed by atoms with Crippen LogP contribution >= 0.6 is 0 Å². The SMILES string of the molecule is COc1cccc(NC(=O)C[NH+]2CC[NH+](Cc3ccccc3C)CC2)c1. The monoisotopic (exact) mass is 355 g/mol. The van der Waals surface area contributed by atoms with E-state index in [9.17, 15) is 4.79 Å². The van der Waals surface area contributed by atoms with Crippen molar-refractivity contribution in [2.75, 3.05) is 45.2 Å². The predicted octanol–water partition coefficient (Wildman–Crippen LogP) is -0.0743. The first-order valence-electron chi connectivity index (χ1n) is 9.29. The second kappa shape index (κ2) is 8.83. The van der Waals surface area contributed by atoms with Gasteiger partial charge in [-0.3, -0.25) is 4.79 Å². The van der Waals surface area contributed by atoms with Crippen molar-refractivity contribution in [3.8, 4) is 5.75 Å². The molecule has 5 heteroatoms. The number of carbonyl (C=O) groups excluding carboxylic acids is 1. The topological polar surface area (TPSA) is 47.2 Å². The Morgan fingerprint density at radius 1 is 1.04 bits per heavy atom. The van der Waals surface area contributed by atoms with Crippen molar-refractivity contribution in [2.45, 2.75) is 13.5 Å². The van der Waals surface area contributed by atoms with Crippen LogP contribution in [0.1, 0.15) is 11.1 Å². The van der Waals surface area contributed by atoms with Crippen molar-refractivity contribution in [2.24, 2.45) is 0 Å². The first-order valence-corrected chi connectivity index (χ1v) is 9.29. The van der Waals surface area contributed by atoms with Crippen molar-refractivity contribution in [3.63, 3.8) is 0 Å². The van der Waals surface area contributed by atoms with Crippen LogP contribution in [-0.4, -0.2) is 45.7 Å². The molecule has 0 unspecified atom stereocenters. The Bertz CT molecular complexity index is 740. The van der Waals surface area contributed by atoms with E-state index in [1.54, 1.807) is 12.0 Å². The molecule has 1 heterocycles. The normalized spacial score (nSPS) is 19.8. The molecule has 1 aliphatic rings. The summed E-state index contributed by atoms with van der Waals surface area (Å²) in [7, 11) is 1.63. The van der Waals surface area contributed by atoms with Gasteiger partial charge in [-0.1, -0.05) is 30.3 Å². The van der Waals surface area contributed by atoms with Crippen LogP contribution in [-0.2, 0) is 11.3 Å². The van der Waals surface area contributed by atoms with Crippen LogP contribution in [0, 0.1) is 6.92 Å². The Labute approximate surface area is 155 Å². The van der Waals surface area contributed by atoms with Crippen LogP contribution in [0.25, 0.3) is 0 Å². The largest absolute Gasteiger partial charge is 0.497 e. The minimum Gasteiger partial charge on any atom is -0.497 e. The zero-order chi connectivity index (χ0) is 18.4. The molecule has 0 spiro atoms. The molecule has 0 saturated carbocycles. The predicted molar refractivity (Wildman–Crippen MR) is 103 cm³/mol. The highest BCUT2D eigenvalue weighted by atomic mass is 16.5. The zero-order valence-corrected chi connectivity index (χ0v) is 15.7. The average Bonchev–Trinajstić information content (AvgIpc) is 2.65. The first-order chi connectivity index (χ1) is 12.6. The summed E-state index contributed by atoms with van der Waals surface area (Å²) in [5, 5.41) is 2.98. The quantitative estimate of drug-likeness (QED) is 0.679. The van der Waals surface area contributed by atoms with Gasteiger partial charge in [-0.15, -0.1) is 0 Å². The molecule has 2 aromatic rings. The van der Waals surface area contributed by atoms with Crippen molar-refractivity contribution in [3.05, 3.63) is 59.7 Å². The highest BCUT2D eigenvalue weighted by Crippen LogP contribution is 2.16. The highest BCUT2D eigenvalue weighted by Gasteiger charge is 2.25. The smallest absolute Gasteiger partial charge is 0.279 e. The fraction of sp³-hybridized carbons (Fsp3) is 0.381. The van der Waals surface area contributed by atoms with E-state index in [4.69, 9.17) is 4.74 Å². The van der Waals surface area contributed by atoms with Crippen LogP contribution < -0.4 is 19.9 Å². The van der Waals surface area contributed by atoms with Gasteiger partial charge >= 0.3 is 0 Å². The number of anilines is 1. The van der Waals surface area contributed by atoms with Gasteiger partial charge in [-0.2, -0.15) is 0 Å². The lowest BCUT2D eigenvalue weighted by molar-refractivity contribution is -1.02. The van der Waals surface area contributed by atoms with Crippen LogP contribution in [0.15, 0.2) is 48.5 Å². The highest BCUT2D eigenvalue weighted by molar-refractivity contribution is 5.91. The van der Waals surface area contributed by atoms with Crippen LogP contribution in [0.3, 0.4) is 0 Å². The summed E-state index contributed by atoms with van der Waals surface area (Å²) in [5.41, 5.74) is 3.59. The average molecular weight is 355 g/mol. The minimum atomic E-state index is 0.0654. The fourth-order valence-electron chi connectivity index (χ4n) is 3.52. The molecule has 0 radical (unpaired) electrons. The number of hydrogen-bond donors (Lipinski definition) is 3. The summed E-state index contributed by atoms with van der Waals surface area (Å²) in [5.74, 6) is 0.819. The molecule has 1 fully saturated rings. The molecule has 1 aliphatic heterocycles. The third-order valence-corrected chi connectivity index (χ3v) is 5.13. The molecule has 0 bridgehead atoms. The number of ether oxygens (including phenoxy) is 1. The standard InChI is InChI=1S/C21H27N3O2/c1-17-6-3-4-7-18(17)15-23-10-12-24(13-11-23)16-21(25)22-19-8-5-9-20(14-19)26-2/h3-9,14H,10-13,15-16H2,1-2H3,(H,22,25)/p+2. The number of methoxy groups -OCH3 is 1. The number of benzene rings is 2. The third kappa shape index (κ3) is 5.07. The number of piperazine rings is 1. The molecule has 3 N–H and O–H groups in total. The maximum absolute atomic E-state index is 12.3. The molecular weight excluding hydrogens is 326 g/mol. The summed E-state index contributed by atoms with van der Waals surface area (Å²) in [4.78, 5) is 15.3. The Morgan fingerprint density at radius 3 is 2.50 bits per heavy atom. The van der Waals surface area contributed by atoms with Gasteiger partial charge in [0.15, 0.2) is 6.54 Å². The number of aryl methyl sites for hydroxylation is 1. The molecule has 3 rings (SSSR count). The van der Waals surface area contributed by atoms with Crippen LogP contribution in [0.4, 0.5) is 5.69 Å². The van der Waals surface area contributed by atoms with E-state index in [1.807, 2.05) is 24.3 Å². The molecule has 1 amide bonds. The van der Waals surface area contributed by atoms with E-state index in [2.05, 4.69) is 36.5 Å². The van der Waals surface area contributed by atoms with E-state index < -0.39 is 0 Å². The lowest BCUT2D eigenvalue weighted by Gasteiger charge is -2.29. The summed E-state index contributed by atoms with van der Waals surface area (Å²) in [6.07, 6.45) is 0. The van der Waals surface area contributed by atoms with E-state index in [0.29, 0.717) is 6.54 Å². The van der Waals surface area contributed by atoms with E-state index in [1.165, 1.54) is 16.0 Å². The summed E-state index contributed by atoms with van der Waals surface area (Å²) >= 11 is 0. The first kappa shape index (κ1) is 18.4. The Balaban J connectivity index is 1.44. The van der Waals surface area contributed by atoms with Gasteiger partial charge in [0.05, 0.1) is 7.11 Å². The van der Waals surface area contributed by atoms with Crippen molar-refractivity contribution in [1.29, 1.82) is 0 Å². The van der Waals surface area contributed by atoms with Gasteiger partial charge in [-0.05, 0) is 24.6 Å². The maximum atomic E-state index is 12.3. The summed E-state index contributed by atoms with van der Waals surface area (Å²) in [6.45, 7) is 8.07. The van der Waals surface area contributed by atoms with Crippen molar-refractivity contribution >= 4 is 11.6 Å². The number of hydrogen-bond acceptors (Lipinski definition) is 2. The van der Waals surface area contributed by atoms with Gasteiger partial charge in [-0.25, -0.2) is 0 Å². The van der Waals surface area contributed by atoms with Gasteiger partial charge in [0.25, 0.3) is 5.91 Å². The second-order valence-electron chi connectivity index (χ2n) is 7.06. The van der Waals surface area contributed by atoms with E-state index in [-0.39, 0.29) is 5.91 Å². The molecular formula is C21H29N3O2+2. The van der Waals surface area contributed by atoms with Crippen molar-refractivity contribution in [1.82, 2.24) is 0 Å². The Kier molecular flexibility index (Phi) is 6.26. The lowest BCUT2D eigenvalue weighted by Crippen LogP contribution is -3.28. The molecule has 26 heavy (non-hydrogen) atoms. The Morgan fingerprint density at radius 2 is 1.77 bits per heavy atom. The molecule has 138 valence electrons. The number of rotatable bonds is 6. The van der Waals surface area contributed by atoms with Gasteiger partial charge in [0.1, 0.15) is 38.5 Å². The van der Waals surface area contributed by atoms with Gasteiger partial charge < -0.3 is 19.9 Å². The number of amides is 1. The molecule has 2 aromatic carbocycles. The van der Waals surface area contributed by atoms with Gasteiger partial charge in [0.2, 0.25) is 0 Å². The number of carbonyl (C=O) groups is 1. The zero-order valence-electron chi connectivity index (χ0n) is 15.7. The van der Waals surface area contributed by atoms with Gasteiger partial charge in [0, 0.05) is 17.3 Å². The molecule has 0 aromatic heterocycles. The number of quaternary nitrogens is 2.